The van der Waals surface area contributed by atoms with Crippen LogP contribution in [0.4, 0.5) is 8.78 Å². The van der Waals surface area contributed by atoms with Crippen LogP contribution in [0.25, 0.3) is 0 Å². The lowest BCUT2D eigenvalue weighted by Gasteiger charge is -2.09. The number of ether oxygens (including phenoxy) is 1. The summed E-state index contributed by atoms with van der Waals surface area (Å²) in [5, 5.41) is 0. The summed E-state index contributed by atoms with van der Waals surface area (Å²) in [6.07, 6.45) is 1.64. The van der Waals surface area contributed by atoms with E-state index >= 15 is 0 Å². The molecule has 0 bridgehead atoms. The molecule has 3 heteroatoms. The molecule has 0 amide bonds. The summed E-state index contributed by atoms with van der Waals surface area (Å²) in [6.45, 7) is 4.57. The van der Waals surface area contributed by atoms with Crippen molar-refractivity contribution in [3.05, 3.63) is 49.4 Å². The zero-order valence-electron chi connectivity index (χ0n) is 7.62. The van der Waals surface area contributed by atoms with Gasteiger partial charge in [-0.15, -0.1) is 6.58 Å². The normalized spacial score (nSPS) is 12.6. The van der Waals surface area contributed by atoms with E-state index in [1.807, 2.05) is 0 Å². The van der Waals surface area contributed by atoms with Crippen LogP contribution in [-0.2, 0) is 0 Å². The molecule has 0 spiro atoms. The molecule has 0 fully saturated rings. The van der Waals surface area contributed by atoms with E-state index in [4.69, 9.17) is 0 Å². The van der Waals surface area contributed by atoms with Crippen molar-refractivity contribution in [3.8, 4) is 5.75 Å². The van der Waals surface area contributed by atoms with Gasteiger partial charge in [-0.05, 0) is 24.6 Å². The fraction of sp³-hybridized carbons (Fsp3) is 0.182. The van der Waals surface area contributed by atoms with Crippen molar-refractivity contribution in [2.24, 2.45) is 0 Å². The molecule has 1 rings (SSSR count). The molecule has 0 saturated carbocycles. The molecule has 1 nitrogen and oxygen atoms in total. The van der Waals surface area contributed by atoms with Gasteiger partial charge in [0.2, 0.25) is 0 Å². The third-order valence-electron chi connectivity index (χ3n) is 1.80. The van der Waals surface area contributed by atoms with Crippen LogP contribution in [0.2, 0.25) is 0 Å². The second-order valence-electron chi connectivity index (χ2n) is 2.79. The second kappa shape index (κ2) is 4.74. The van der Waals surface area contributed by atoms with E-state index in [-0.39, 0.29) is 11.7 Å². The van der Waals surface area contributed by atoms with Crippen LogP contribution < -0.4 is 4.74 Å². The molecule has 0 aliphatic carbocycles. The zero-order chi connectivity index (χ0) is 10.6. The number of benzene rings is 1. The van der Waals surface area contributed by atoms with Gasteiger partial charge in [0.25, 0.3) is 0 Å². The summed E-state index contributed by atoms with van der Waals surface area (Å²) in [5.74, 6) is 0.0317. The summed E-state index contributed by atoms with van der Waals surface area (Å²) >= 11 is 0. The van der Waals surface area contributed by atoms with Crippen LogP contribution in [0, 0.1) is 6.92 Å². The SMILES string of the molecule is [CH2]C(C=C)c1cccc(OC(F)F)c1. The molecule has 75 valence electrons. The number of allylic oxidation sites excluding steroid dienone is 1. The first-order valence-electron chi connectivity index (χ1n) is 4.14. The van der Waals surface area contributed by atoms with E-state index in [1.165, 1.54) is 12.1 Å². The number of alkyl halides is 2. The molecule has 1 aromatic carbocycles. The smallest absolute Gasteiger partial charge is 0.387 e. The van der Waals surface area contributed by atoms with Gasteiger partial charge < -0.3 is 4.74 Å². The van der Waals surface area contributed by atoms with Crippen LogP contribution in [0.15, 0.2) is 36.9 Å². The van der Waals surface area contributed by atoms with Gasteiger partial charge in [-0.1, -0.05) is 18.2 Å². The Morgan fingerprint density at radius 1 is 1.36 bits per heavy atom. The topological polar surface area (TPSA) is 9.23 Å². The first-order valence-corrected chi connectivity index (χ1v) is 4.14. The van der Waals surface area contributed by atoms with E-state index < -0.39 is 6.61 Å². The summed E-state index contributed by atoms with van der Waals surface area (Å²) in [7, 11) is 0. The number of hydrogen-bond acceptors (Lipinski definition) is 1. The predicted molar refractivity (Wildman–Crippen MR) is 51.4 cm³/mol. The van der Waals surface area contributed by atoms with Gasteiger partial charge in [0, 0.05) is 5.92 Å². The molecule has 0 saturated heterocycles. The maximum Gasteiger partial charge on any atom is 0.387 e. The van der Waals surface area contributed by atoms with E-state index in [9.17, 15) is 8.78 Å². The lowest BCUT2D eigenvalue weighted by Crippen LogP contribution is -2.02. The molecule has 0 N–H and O–H groups in total. The molecule has 0 aliphatic rings. The zero-order valence-corrected chi connectivity index (χ0v) is 7.62. The minimum atomic E-state index is -2.79. The Labute approximate surface area is 82.0 Å². The van der Waals surface area contributed by atoms with Crippen molar-refractivity contribution in [2.45, 2.75) is 12.5 Å². The molecule has 1 atom stereocenters. The fourth-order valence-electron chi connectivity index (χ4n) is 1.06. The van der Waals surface area contributed by atoms with E-state index in [1.54, 1.807) is 18.2 Å². The van der Waals surface area contributed by atoms with Crippen molar-refractivity contribution >= 4 is 0 Å². The number of hydrogen-bond donors (Lipinski definition) is 0. The van der Waals surface area contributed by atoms with Gasteiger partial charge in [-0.25, -0.2) is 0 Å². The maximum atomic E-state index is 11.9. The van der Waals surface area contributed by atoms with E-state index in [0.717, 1.165) is 5.56 Å². The Bertz CT molecular complexity index is 310. The van der Waals surface area contributed by atoms with Crippen LogP contribution in [0.5, 0.6) is 5.75 Å². The van der Waals surface area contributed by atoms with Crippen molar-refractivity contribution in [1.29, 1.82) is 0 Å². The minimum absolute atomic E-state index is 0.115. The fourth-order valence-corrected chi connectivity index (χ4v) is 1.06. The Morgan fingerprint density at radius 3 is 2.64 bits per heavy atom. The lowest BCUT2D eigenvalue weighted by atomic mass is 10.0. The van der Waals surface area contributed by atoms with E-state index in [2.05, 4.69) is 18.2 Å². The Hall–Kier alpha value is -1.38. The maximum absolute atomic E-state index is 11.9. The van der Waals surface area contributed by atoms with Gasteiger partial charge in [-0.2, -0.15) is 8.78 Å². The Balaban J connectivity index is 2.83. The molecule has 1 aromatic rings. The van der Waals surface area contributed by atoms with Crippen LogP contribution >= 0.6 is 0 Å². The third kappa shape index (κ3) is 2.83. The monoisotopic (exact) mass is 197 g/mol. The van der Waals surface area contributed by atoms with E-state index in [0.29, 0.717) is 0 Å². The van der Waals surface area contributed by atoms with Gasteiger partial charge in [0.05, 0.1) is 0 Å². The molecular formula is C11H11F2O. The van der Waals surface area contributed by atoms with Gasteiger partial charge >= 0.3 is 6.61 Å². The highest BCUT2D eigenvalue weighted by molar-refractivity contribution is 5.33. The molecular weight excluding hydrogens is 186 g/mol. The number of halogens is 2. The first kappa shape index (κ1) is 10.7. The minimum Gasteiger partial charge on any atom is -0.435 e. The highest BCUT2D eigenvalue weighted by atomic mass is 19.3. The molecule has 1 unspecified atom stereocenters. The highest BCUT2D eigenvalue weighted by Gasteiger charge is 2.06. The molecule has 14 heavy (non-hydrogen) atoms. The van der Waals surface area contributed by atoms with Gasteiger partial charge in [0.15, 0.2) is 0 Å². The Kier molecular flexibility index (Phi) is 3.63. The molecule has 0 heterocycles. The highest BCUT2D eigenvalue weighted by Crippen LogP contribution is 2.22. The standard InChI is InChI=1S/C11H11F2O/c1-3-8(2)9-5-4-6-10(7-9)14-11(12)13/h3-8,11H,1-2H2. The molecule has 0 aliphatic heterocycles. The van der Waals surface area contributed by atoms with Gasteiger partial charge in [0.1, 0.15) is 5.75 Å². The van der Waals surface area contributed by atoms with Crippen molar-refractivity contribution in [2.75, 3.05) is 0 Å². The van der Waals surface area contributed by atoms with Crippen molar-refractivity contribution in [1.82, 2.24) is 0 Å². The first-order chi connectivity index (χ1) is 6.63. The average Bonchev–Trinajstić information content (AvgIpc) is 2.16. The van der Waals surface area contributed by atoms with Crippen LogP contribution in [0.1, 0.15) is 11.5 Å². The summed E-state index contributed by atoms with van der Waals surface area (Å²) in [6, 6.07) is 6.45. The third-order valence-corrected chi connectivity index (χ3v) is 1.80. The summed E-state index contributed by atoms with van der Waals surface area (Å²) < 4.78 is 28.0. The number of rotatable bonds is 4. The molecule has 1 radical (unpaired) electrons. The van der Waals surface area contributed by atoms with Crippen LogP contribution in [0.3, 0.4) is 0 Å². The van der Waals surface area contributed by atoms with Crippen LogP contribution in [-0.4, -0.2) is 6.61 Å². The summed E-state index contributed by atoms with van der Waals surface area (Å²) in [5.41, 5.74) is 0.804. The Morgan fingerprint density at radius 2 is 2.07 bits per heavy atom. The largest absolute Gasteiger partial charge is 0.435 e. The quantitative estimate of drug-likeness (QED) is 0.672. The second-order valence-corrected chi connectivity index (χ2v) is 2.79. The lowest BCUT2D eigenvalue weighted by molar-refractivity contribution is -0.0498. The predicted octanol–water partition coefficient (Wildman–Crippen LogP) is 3.39. The van der Waals surface area contributed by atoms with Gasteiger partial charge in [-0.3, -0.25) is 0 Å². The van der Waals surface area contributed by atoms with Crippen molar-refractivity contribution in [3.63, 3.8) is 0 Å². The molecule has 0 aromatic heterocycles. The van der Waals surface area contributed by atoms with Crippen molar-refractivity contribution < 1.29 is 13.5 Å². The average molecular weight is 197 g/mol. The summed E-state index contributed by atoms with van der Waals surface area (Å²) in [4.78, 5) is 0.